The molecule has 1 aromatic carbocycles. The van der Waals surface area contributed by atoms with Crippen LogP contribution >= 0.6 is 0 Å². The van der Waals surface area contributed by atoms with Crippen LogP contribution in [0.1, 0.15) is 11.3 Å². The highest BCUT2D eigenvalue weighted by Gasteiger charge is 2.19. The molecular formula is C14H18N2O4S. The summed E-state index contributed by atoms with van der Waals surface area (Å²) in [7, 11) is -0.418. The third-order valence-electron chi connectivity index (χ3n) is 2.93. The number of benzene rings is 1. The van der Waals surface area contributed by atoms with Gasteiger partial charge in [0.15, 0.2) is 0 Å². The molecule has 0 atom stereocenters. The topological polar surface area (TPSA) is 80.6 Å². The molecule has 0 saturated heterocycles. The van der Waals surface area contributed by atoms with E-state index in [0.717, 1.165) is 5.56 Å². The SMILES string of the molecule is CNCc1ccc(S(=O)(=O)Nc2ccc(OC)cc2C)o1. The number of methoxy groups -OCH3 is 1. The van der Waals surface area contributed by atoms with E-state index in [-0.39, 0.29) is 5.09 Å². The highest BCUT2D eigenvalue weighted by Crippen LogP contribution is 2.24. The molecule has 2 aromatic rings. The first-order valence-corrected chi connectivity index (χ1v) is 7.85. The van der Waals surface area contributed by atoms with Gasteiger partial charge < -0.3 is 14.5 Å². The predicted octanol–water partition coefficient (Wildman–Crippen LogP) is 2.12. The van der Waals surface area contributed by atoms with Crippen LogP contribution < -0.4 is 14.8 Å². The predicted molar refractivity (Wildman–Crippen MR) is 80.0 cm³/mol. The molecule has 1 heterocycles. The lowest BCUT2D eigenvalue weighted by atomic mass is 10.2. The van der Waals surface area contributed by atoms with E-state index in [4.69, 9.17) is 9.15 Å². The van der Waals surface area contributed by atoms with Crippen molar-refractivity contribution in [3.05, 3.63) is 41.7 Å². The van der Waals surface area contributed by atoms with Crippen LogP contribution in [0, 0.1) is 6.92 Å². The van der Waals surface area contributed by atoms with Crippen LogP contribution in [0.25, 0.3) is 0 Å². The van der Waals surface area contributed by atoms with Crippen LogP contribution in [0.3, 0.4) is 0 Å². The molecule has 2 rings (SSSR count). The minimum absolute atomic E-state index is 0.108. The van der Waals surface area contributed by atoms with Crippen molar-refractivity contribution in [3.63, 3.8) is 0 Å². The van der Waals surface area contributed by atoms with Gasteiger partial charge in [0, 0.05) is 0 Å². The van der Waals surface area contributed by atoms with Gasteiger partial charge in [-0.05, 0) is 49.9 Å². The van der Waals surface area contributed by atoms with Gasteiger partial charge in [-0.1, -0.05) is 0 Å². The summed E-state index contributed by atoms with van der Waals surface area (Å²) in [6.07, 6.45) is 0. The molecular weight excluding hydrogens is 292 g/mol. The average Bonchev–Trinajstić information content (AvgIpc) is 2.91. The highest BCUT2D eigenvalue weighted by atomic mass is 32.2. The van der Waals surface area contributed by atoms with Gasteiger partial charge in [0.25, 0.3) is 10.0 Å². The van der Waals surface area contributed by atoms with Gasteiger partial charge in [-0.3, -0.25) is 4.72 Å². The van der Waals surface area contributed by atoms with Crippen molar-refractivity contribution in [2.75, 3.05) is 18.9 Å². The first-order chi connectivity index (χ1) is 9.96. The Morgan fingerprint density at radius 3 is 2.62 bits per heavy atom. The Hall–Kier alpha value is -1.99. The average molecular weight is 310 g/mol. The van der Waals surface area contributed by atoms with Gasteiger partial charge in [0.1, 0.15) is 11.5 Å². The first kappa shape index (κ1) is 15.4. The first-order valence-electron chi connectivity index (χ1n) is 6.37. The third-order valence-corrected chi connectivity index (χ3v) is 4.17. The van der Waals surface area contributed by atoms with Crippen LogP contribution in [0.15, 0.2) is 39.8 Å². The van der Waals surface area contributed by atoms with E-state index in [0.29, 0.717) is 23.7 Å². The zero-order valence-electron chi connectivity index (χ0n) is 12.1. The summed E-state index contributed by atoms with van der Waals surface area (Å²) in [4.78, 5) is 0. The van der Waals surface area contributed by atoms with E-state index in [1.54, 1.807) is 45.3 Å². The smallest absolute Gasteiger partial charge is 0.295 e. The maximum Gasteiger partial charge on any atom is 0.295 e. The van der Waals surface area contributed by atoms with Crippen molar-refractivity contribution in [2.24, 2.45) is 0 Å². The van der Waals surface area contributed by atoms with E-state index in [1.165, 1.54) is 6.07 Å². The Morgan fingerprint density at radius 2 is 2.00 bits per heavy atom. The Morgan fingerprint density at radius 1 is 1.24 bits per heavy atom. The zero-order valence-corrected chi connectivity index (χ0v) is 13.0. The molecule has 0 unspecified atom stereocenters. The number of nitrogens with one attached hydrogen (secondary N) is 2. The Balaban J connectivity index is 2.24. The van der Waals surface area contributed by atoms with Crippen molar-refractivity contribution in [3.8, 4) is 5.75 Å². The molecule has 0 radical (unpaired) electrons. The lowest BCUT2D eigenvalue weighted by Gasteiger charge is -2.10. The molecule has 0 fully saturated rings. The molecule has 0 aliphatic carbocycles. The number of furan rings is 1. The summed E-state index contributed by atoms with van der Waals surface area (Å²) in [5, 5.41) is 2.79. The van der Waals surface area contributed by atoms with E-state index in [2.05, 4.69) is 10.0 Å². The summed E-state index contributed by atoms with van der Waals surface area (Å²) in [5.41, 5.74) is 1.25. The fourth-order valence-electron chi connectivity index (χ4n) is 1.84. The Kier molecular flexibility index (Phi) is 4.54. The Bertz CT molecular complexity index is 722. The van der Waals surface area contributed by atoms with E-state index in [9.17, 15) is 8.42 Å². The van der Waals surface area contributed by atoms with Crippen molar-refractivity contribution < 1.29 is 17.6 Å². The second-order valence-corrected chi connectivity index (χ2v) is 6.15. The van der Waals surface area contributed by atoms with Gasteiger partial charge in [0.2, 0.25) is 5.09 Å². The monoisotopic (exact) mass is 310 g/mol. The van der Waals surface area contributed by atoms with Gasteiger partial charge >= 0.3 is 0 Å². The van der Waals surface area contributed by atoms with Crippen molar-refractivity contribution in [1.82, 2.24) is 5.32 Å². The van der Waals surface area contributed by atoms with Crippen molar-refractivity contribution in [2.45, 2.75) is 18.6 Å². The summed E-state index contributed by atoms with van der Waals surface area (Å²) in [6.45, 7) is 2.27. The number of anilines is 1. The Labute approximate surface area is 124 Å². The molecule has 114 valence electrons. The third kappa shape index (κ3) is 3.56. The van der Waals surface area contributed by atoms with Gasteiger partial charge in [-0.15, -0.1) is 0 Å². The number of hydrogen-bond donors (Lipinski definition) is 2. The maximum atomic E-state index is 12.3. The zero-order chi connectivity index (χ0) is 15.5. The molecule has 1 aromatic heterocycles. The summed E-state index contributed by atoms with van der Waals surface area (Å²) >= 11 is 0. The van der Waals surface area contributed by atoms with Crippen LogP contribution in [0.5, 0.6) is 5.75 Å². The van der Waals surface area contributed by atoms with Crippen LogP contribution in [-0.4, -0.2) is 22.6 Å². The lowest BCUT2D eigenvalue weighted by molar-refractivity contribution is 0.408. The molecule has 2 N–H and O–H groups in total. The molecule has 0 saturated carbocycles. The normalized spacial score (nSPS) is 11.4. The van der Waals surface area contributed by atoms with E-state index in [1.807, 2.05) is 0 Å². The number of aryl methyl sites for hydroxylation is 1. The summed E-state index contributed by atoms with van der Waals surface area (Å²) in [6, 6.07) is 8.18. The van der Waals surface area contributed by atoms with Crippen LogP contribution in [0.4, 0.5) is 5.69 Å². The molecule has 7 heteroatoms. The van der Waals surface area contributed by atoms with E-state index >= 15 is 0 Å². The summed E-state index contributed by atoms with van der Waals surface area (Å²) in [5.74, 6) is 1.23. The van der Waals surface area contributed by atoms with Gasteiger partial charge in [-0.25, -0.2) is 0 Å². The summed E-state index contributed by atoms with van der Waals surface area (Å²) < 4.78 is 37.5. The molecule has 0 aliphatic rings. The van der Waals surface area contributed by atoms with Gasteiger partial charge in [0.05, 0.1) is 19.3 Å². The van der Waals surface area contributed by atoms with Gasteiger partial charge in [-0.2, -0.15) is 8.42 Å². The maximum absolute atomic E-state index is 12.3. The van der Waals surface area contributed by atoms with E-state index < -0.39 is 10.0 Å². The number of sulfonamides is 1. The number of rotatable bonds is 6. The minimum atomic E-state index is -3.74. The lowest BCUT2D eigenvalue weighted by Crippen LogP contribution is -2.13. The highest BCUT2D eigenvalue weighted by molar-refractivity contribution is 7.92. The second kappa shape index (κ2) is 6.19. The van der Waals surface area contributed by atoms with Crippen molar-refractivity contribution in [1.29, 1.82) is 0 Å². The molecule has 0 spiro atoms. The quantitative estimate of drug-likeness (QED) is 0.854. The number of hydrogen-bond acceptors (Lipinski definition) is 5. The number of ether oxygens (including phenoxy) is 1. The van der Waals surface area contributed by atoms with Crippen molar-refractivity contribution >= 4 is 15.7 Å². The standard InChI is InChI=1S/C14H18N2O4S/c1-10-8-11(19-3)4-6-13(10)16-21(17,18)14-7-5-12(20-14)9-15-2/h4-8,15-16H,9H2,1-3H3. The fraction of sp³-hybridized carbons (Fsp3) is 0.286. The molecule has 0 bridgehead atoms. The largest absolute Gasteiger partial charge is 0.497 e. The second-order valence-electron chi connectivity index (χ2n) is 4.54. The molecule has 0 amide bonds. The van der Waals surface area contributed by atoms with Crippen LogP contribution in [-0.2, 0) is 16.6 Å². The fourth-order valence-corrected chi connectivity index (χ4v) is 2.93. The molecule has 6 nitrogen and oxygen atoms in total. The minimum Gasteiger partial charge on any atom is -0.497 e. The van der Waals surface area contributed by atoms with Crippen LogP contribution in [0.2, 0.25) is 0 Å². The molecule has 21 heavy (non-hydrogen) atoms. The molecule has 0 aliphatic heterocycles.